The van der Waals surface area contributed by atoms with Crippen molar-refractivity contribution in [2.75, 3.05) is 22.9 Å². The quantitative estimate of drug-likeness (QED) is 0.873. The maximum atomic E-state index is 12.8. The molecule has 1 saturated heterocycles. The van der Waals surface area contributed by atoms with Gasteiger partial charge in [-0.3, -0.25) is 14.8 Å². The number of pyridine rings is 1. The van der Waals surface area contributed by atoms with E-state index in [1.807, 2.05) is 19.1 Å². The Morgan fingerprint density at radius 1 is 1.14 bits per heavy atom. The van der Waals surface area contributed by atoms with Gasteiger partial charge in [0.05, 0.1) is 11.9 Å². The number of carbonyl (C=O) groups excluding carboxylic acids is 1. The van der Waals surface area contributed by atoms with Gasteiger partial charge < -0.3 is 0 Å². The maximum Gasteiger partial charge on any atom is 0.331 e. The molecule has 4 rings (SSSR count). The predicted molar refractivity (Wildman–Crippen MR) is 83.1 cm³/mol. The first-order valence-corrected chi connectivity index (χ1v) is 7.56. The van der Waals surface area contributed by atoms with Crippen molar-refractivity contribution in [2.45, 2.75) is 25.7 Å². The van der Waals surface area contributed by atoms with Crippen LogP contribution in [0.3, 0.4) is 0 Å². The fraction of sp³-hybridized carbons (Fsp3) is 0.375. The van der Waals surface area contributed by atoms with Gasteiger partial charge in [0.2, 0.25) is 5.95 Å². The smallest absolute Gasteiger partial charge is 0.290 e. The van der Waals surface area contributed by atoms with Crippen LogP contribution < -0.4 is 9.80 Å². The van der Waals surface area contributed by atoms with Crippen LogP contribution in [0.2, 0.25) is 0 Å². The monoisotopic (exact) mass is 295 g/mol. The molecule has 0 aromatic carbocycles. The van der Waals surface area contributed by atoms with E-state index in [9.17, 15) is 4.79 Å². The molecular formula is C16H17N5O. The molecule has 22 heavy (non-hydrogen) atoms. The second kappa shape index (κ2) is 5.05. The molecule has 0 radical (unpaired) electrons. The zero-order valence-electron chi connectivity index (χ0n) is 12.4. The van der Waals surface area contributed by atoms with Gasteiger partial charge >= 0.3 is 6.03 Å². The van der Waals surface area contributed by atoms with E-state index in [2.05, 4.69) is 15.0 Å². The van der Waals surface area contributed by atoms with Crippen molar-refractivity contribution in [1.29, 1.82) is 0 Å². The number of rotatable bonds is 3. The summed E-state index contributed by atoms with van der Waals surface area (Å²) < 4.78 is 0. The van der Waals surface area contributed by atoms with Crippen molar-refractivity contribution in [3.05, 3.63) is 42.0 Å². The second-order valence-corrected chi connectivity index (χ2v) is 5.79. The Hall–Kier alpha value is -2.50. The first kappa shape index (κ1) is 13.2. The summed E-state index contributed by atoms with van der Waals surface area (Å²) in [7, 11) is 0. The number of hydrogen-bond donors (Lipinski definition) is 0. The summed E-state index contributed by atoms with van der Waals surface area (Å²) in [6.07, 6.45) is 7.69. The number of carbonyl (C=O) groups is 1. The number of urea groups is 1. The minimum absolute atomic E-state index is 0.0690. The number of nitrogens with zero attached hydrogens (tertiary/aromatic N) is 5. The van der Waals surface area contributed by atoms with Gasteiger partial charge in [0.25, 0.3) is 0 Å². The van der Waals surface area contributed by atoms with Crippen LogP contribution in [0.5, 0.6) is 0 Å². The Bertz CT molecular complexity index is 728. The highest BCUT2D eigenvalue weighted by atomic mass is 16.2. The van der Waals surface area contributed by atoms with Gasteiger partial charge in [-0.2, -0.15) is 0 Å². The van der Waals surface area contributed by atoms with Gasteiger partial charge in [-0.15, -0.1) is 0 Å². The van der Waals surface area contributed by atoms with Crippen LogP contribution in [0.15, 0.2) is 30.7 Å². The molecule has 3 heterocycles. The van der Waals surface area contributed by atoms with Gasteiger partial charge in [0.1, 0.15) is 0 Å². The summed E-state index contributed by atoms with van der Waals surface area (Å²) in [5.41, 5.74) is 3.02. The molecule has 0 unspecified atom stereocenters. The van der Waals surface area contributed by atoms with Crippen LogP contribution in [-0.4, -0.2) is 34.1 Å². The van der Waals surface area contributed by atoms with Crippen molar-refractivity contribution in [2.24, 2.45) is 0 Å². The van der Waals surface area contributed by atoms with E-state index in [0.717, 1.165) is 11.4 Å². The standard InChI is InChI=1S/C16H17N5O/c1-11-4-7-18-15(19-11)21-9-8-20(16(21)22)14-10-17-6-5-13(14)12-2-3-12/h4-7,10,12H,2-3,8-9H2,1H3. The van der Waals surface area contributed by atoms with E-state index in [0.29, 0.717) is 25.0 Å². The van der Waals surface area contributed by atoms with Crippen molar-refractivity contribution in [1.82, 2.24) is 15.0 Å². The van der Waals surface area contributed by atoms with Gasteiger partial charge in [-0.05, 0) is 43.4 Å². The zero-order chi connectivity index (χ0) is 15.1. The predicted octanol–water partition coefficient (Wildman–Crippen LogP) is 2.50. The first-order valence-electron chi connectivity index (χ1n) is 7.56. The lowest BCUT2D eigenvalue weighted by atomic mass is 10.1. The van der Waals surface area contributed by atoms with E-state index < -0.39 is 0 Å². The molecule has 2 aromatic rings. The lowest BCUT2D eigenvalue weighted by Gasteiger charge is -2.20. The number of hydrogen-bond acceptors (Lipinski definition) is 4. The highest BCUT2D eigenvalue weighted by Crippen LogP contribution is 2.44. The van der Waals surface area contributed by atoms with Crippen LogP contribution in [0, 0.1) is 6.92 Å². The van der Waals surface area contributed by atoms with E-state index >= 15 is 0 Å². The molecule has 1 aliphatic heterocycles. The van der Waals surface area contributed by atoms with Crippen molar-refractivity contribution >= 4 is 17.7 Å². The third-order valence-electron chi connectivity index (χ3n) is 4.17. The average Bonchev–Trinajstić information content (AvgIpc) is 3.30. The maximum absolute atomic E-state index is 12.8. The number of anilines is 2. The number of aromatic nitrogens is 3. The molecule has 0 spiro atoms. The van der Waals surface area contributed by atoms with E-state index in [-0.39, 0.29) is 6.03 Å². The molecule has 1 saturated carbocycles. The van der Waals surface area contributed by atoms with Crippen molar-refractivity contribution in [3.63, 3.8) is 0 Å². The van der Waals surface area contributed by atoms with Crippen molar-refractivity contribution in [3.8, 4) is 0 Å². The first-order chi connectivity index (χ1) is 10.7. The Labute approximate surface area is 128 Å². The molecule has 2 aliphatic rings. The Morgan fingerprint density at radius 2 is 1.95 bits per heavy atom. The Morgan fingerprint density at radius 3 is 2.73 bits per heavy atom. The summed E-state index contributed by atoms with van der Waals surface area (Å²) in [5, 5.41) is 0. The molecule has 0 N–H and O–H groups in total. The zero-order valence-corrected chi connectivity index (χ0v) is 12.4. The summed E-state index contributed by atoms with van der Waals surface area (Å²) in [4.78, 5) is 29.0. The molecule has 0 bridgehead atoms. The minimum atomic E-state index is -0.0690. The molecule has 112 valence electrons. The molecule has 2 aromatic heterocycles. The van der Waals surface area contributed by atoms with E-state index in [4.69, 9.17) is 0 Å². The van der Waals surface area contributed by atoms with Crippen molar-refractivity contribution < 1.29 is 4.79 Å². The van der Waals surface area contributed by atoms with Crippen LogP contribution in [0.25, 0.3) is 0 Å². The van der Waals surface area contributed by atoms with Crippen LogP contribution >= 0.6 is 0 Å². The fourth-order valence-corrected chi connectivity index (χ4v) is 2.87. The lowest BCUT2D eigenvalue weighted by molar-refractivity contribution is 0.255. The molecule has 6 heteroatoms. The molecule has 2 amide bonds. The van der Waals surface area contributed by atoms with E-state index in [1.54, 1.807) is 28.4 Å². The molecule has 6 nitrogen and oxygen atoms in total. The summed E-state index contributed by atoms with van der Waals surface area (Å²) >= 11 is 0. The summed E-state index contributed by atoms with van der Waals surface area (Å²) in [5.74, 6) is 1.06. The molecule has 0 atom stereocenters. The summed E-state index contributed by atoms with van der Waals surface area (Å²) in [6, 6.07) is 3.79. The topological polar surface area (TPSA) is 62.2 Å². The molecule has 2 fully saturated rings. The van der Waals surface area contributed by atoms with Gasteiger partial charge in [-0.25, -0.2) is 14.8 Å². The number of amides is 2. The second-order valence-electron chi connectivity index (χ2n) is 5.79. The molecular weight excluding hydrogens is 278 g/mol. The normalized spacial score (nSPS) is 18.1. The molecule has 1 aliphatic carbocycles. The highest BCUT2D eigenvalue weighted by Gasteiger charge is 2.36. The van der Waals surface area contributed by atoms with Crippen LogP contribution in [0.1, 0.15) is 30.0 Å². The Balaban J connectivity index is 1.64. The van der Waals surface area contributed by atoms with E-state index in [1.165, 1.54) is 18.4 Å². The fourth-order valence-electron chi connectivity index (χ4n) is 2.87. The largest absolute Gasteiger partial charge is 0.331 e. The van der Waals surface area contributed by atoms with Crippen LogP contribution in [0.4, 0.5) is 16.4 Å². The minimum Gasteiger partial charge on any atom is -0.290 e. The third kappa shape index (κ3) is 2.20. The average molecular weight is 295 g/mol. The SMILES string of the molecule is Cc1ccnc(N2CCN(c3cnccc3C3CC3)C2=O)n1. The van der Waals surface area contributed by atoms with Gasteiger partial charge in [-0.1, -0.05) is 0 Å². The highest BCUT2D eigenvalue weighted by molar-refractivity contribution is 6.05. The summed E-state index contributed by atoms with van der Waals surface area (Å²) in [6.45, 7) is 3.14. The number of aryl methyl sites for hydroxylation is 1. The lowest BCUT2D eigenvalue weighted by Crippen LogP contribution is -2.33. The van der Waals surface area contributed by atoms with Crippen LogP contribution in [-0.2, 0) is 0 Å². The van der Waals surface area contributed by atoms with Gasteiger partial charge in [0, 0.05) is 31.2 Å². The Kier molecular flexibility index (Phi) is 3.03. The third-order valence-corrected chi connectivity index (χ3v) is 4.17. The van der Waals surface area contributed by atoms with Gasteiger partial charge in [0.15, 0.2) is 0 Å².